The lowest BCUT2D eigenvalue weighted by Crippen LogP contribution is -2.13. The standard InChI is InChI=1S/C14H26N2S/c1-15(2)11-5-7-13-9-10-14(17-13)8-6-12-16(3)4/h9-10H,5-8,11-12H2,1-4H3. The Bertz CT molecular complexity index is 276. The van der Waals surface area contributed by atoms with Gasteiger partial charge in [0.2, 0.25) is 0 Å². The summed E-state index contributed by atoms with van der Waals surface area (Å²) in [6.07, 6.45) is 5.00. The third kappa shape index (κ3) is 6.81. The Kier molecular flexibility index (Phi) is 6.78. The van der Waals surface area contributed by atoms with E-state index in [-0.39, 0.29) is 0 Å². The van der Waals surface area contributed by atoms with Crippen LogP contribution in [0.25, 0.3) is 0 Å². The Morgan fingerprint density at radius 3 is 1.59 bits per heavy atom. The second kappa shape index (κ2) is 7.85. The molecule has 98 valence electrons. The monoisotopic (exact) mass is 254 g/mol. The van der Waals surface area contributed by atoms with Crippen LogP contribution in [0.1, 0.15) is 22.6 Å². The molecule has 0 amide bonds. The fourth-order valence-corrected chi connectivity index (χ4v) is 2.93. The van der Waals surface area contributed by atoms with Gasteiger partial charge in [-0.1, -0.05) is 0 Å². The van der Waals surface area contributed by atoms with Gasteiger partial charge in [-0.15, -0.1) is 11.3 Å². The third-order valence-corrected chi connectivity index (χ3v) is 3.98. The van der Waals surface area contributed by atoms with Crippen molar-refractivity contribution < 1.29 is 0 Å². The van der Waals surface area contributed by atoms with Crippen molar-refractivity contribution >= 4 is 11.3 Å². The molecule has 1 rings (SSSR count). The van der Waals surface area contributed by atoms with Crippen molar-refractivity contribution in [2.24, 2.45) is 0 Å². The fourth-order valence-electron chi connectivity index (χ4n) is 1.83. The molecule has 17 heavy (non-hydrogen) atoms. The number of hydrogen-bond donors (Lipinski definition) is 0. The molecule has 0 fully saturated rings. The van der Waals surface area contributed by atoms with Gasteiger partial charge in [-0.25, -0.2) is 0 Å². The van der Waals surface area contributed by atoms with Crippen molar-refractivity contribution in [2.75, 3.05) is 41.3 Å². The molecular weight excluding hydrogens is 228 g/mol. The predicted molar refractivity (Wildman–Crippen MR) is 78.1 cm³/mol. The molecule has 0 N–H and O–H groups in total. The average molecular weight is 254 g/mol. The van der Waals surface area contributed by atoms with Gasteiger partial charge in [-0.05, 0) is 79.1 Å². The third-order valence-electron chi connectivity index (χ3n) is 2.77. The van der Waals surface area contributed by atoms with Crippen molar-refractivity contribution in [3.05, 3.63) is 21.9 Å². The first kappa shape index (κ1) is 14.7. The summed E-state index contributed by atoms with van der Waals surface area (Å²) in [6.45, 7) is 2.38. The summed E-state index contributed by atoms with van der Waals surface area (Å²) in [5.41, 5.74) is 0. The summed E-state index contributed by atoms with van der Waals surface area (Å²) in [7, 11) is 8.56. The minimum atomic E-state index is 1.19. The number of aryl methyl sites for hydroxylation is 2. The summed E-state index contributed by atoms with van der Waals surface area (Å²) < 4.78 is 0. The molecular formula is C14H26N2S. The molecule has 0 saturated carbocycles. The SMILES string of the molecule is CN(C)CCCc1ccc(CCCN(C)C)s1. The Morgan fingerprint density at radius 1 is 0.824 bits per heavy atom. The first-order valence-corrected chi connectivity index (χ1v) is 7.26. The van der Waals surface area contributed by atoms with Crippen LogP contribution in [0.15, 0.2) is 12.1 Å². The summed E-state index contributed by atoms with van der Waals surface area (Å²) >= 11 is 2.00. The van der Waals surface area contributed by atoms with Crippen molar-refractivity contribution in [1.82, 2.24) is 9.80 Å². The van der Waals surface area contributed by atoms with E-state index in [9.17, 15) is 0 Å². The maximum atomic E-state index is 2.31. The quantitative estimate of drug-likeness (QED) is 0.704. The molecule has 1 aromatic rings. The van der Waals surface area contributed by atoms with Gasteiger partial charge >= 0.3 is 0 Å². The predicted octanol–water partition coefficient (Wildman–Crippen LogP) is 2.74. The van der Waals surface area contributed by atoms with E-state index in [1.807, 2.05) is 11.3 Å². The van der Waals surface area contributed by atoms with Gasteiger partial charge in [0, 0.05) is 9.75 Å². The van der Waals surface area contributed by atoms with Gasteiger partial charge in [0.05, 0.1) is 0 Å². The van der Waals surface area contributed by atoms with Crippen molar-refractivity contribution in [3.63, 3.8) is 0 Å². The maximum absolute atomic E-state index is 2.31. The van der Waals surface area contributed by atoms with E-state index < -0.39 is 0 Å². The second-order valence-electron chi connectivity index (χ2n) is 5.18. The van der Waals surface area contributed by atoms with Crippen LogP contribution < -0.4 is 0 Å². The Labute approximate surface area is 110 Å². The Morgan fingerprint density at radius 2 is 1.24 bits per heavy atom. The highest BCUT2D eigenvalue weighted by Crippen LogP contribution is 2.19. The van der Waals surface area contributed by atoms with Crippen LogP contribution in [-0.4, -0.2) is 51.1 Å². The number of nitrogens with zero attached hydrogens (tertiary/aromatic N) is 2. The molecule has 0 aromatic carbocycles. The zero-order chi connectivity index (χ0) is 12.7. The highest BCUT2D eigenvalue weighted by Gasteiger charge is 2.01. The van der Waals surface area contributed by atoms with E-state index in [0.29, 0.717) is 0 Å². The first-order chi connectivity index (χ1) is 8.08. The van der Waals surface area contributed by atoms with E-state index in [0.717, 1.165) is 0 Å². The topological polar surface area (TPSA) is 6.48 Å². The molecule has 0 aliphatic rings. The molecule has 0 aliphatic heterocycles. The number of thiophene rings is 1. The largest absolute Gasteiger partial charge is 0.309 e. The minimum Gasteiger partial charge on any atom is -0.309 e. The van der Waals surface area contributed by atoms with Crippen molar-refractivity contribution in [3.8, 4) is 0 Å². The molecule has 0 saturated heterocycles. The lowest BCUT2D eigenvalue weighted by molar-refractivity contribution is 0.401. The fraction of sp³-hybridized carbons (Fsp3) is 0.714. The zero-order valence-corrected chi connectivity index (χ0v) is 12.5. The van der Waals surface area contributed by atoms with Crippen LogP contribution in [0.5, 0.6) is 0 Å². The van der Waals surface area contributed by atoms with Crippen LogP contribution in [-0.2, 0) is 12.8 Å². The van der Waals surface area contributed by atoms with Gasteiger partial charge in [-0.3, -0.25) is 0 Å². The van der Waals surface area contributed by atoms with Crippen molar-refractivity contribution in [1.29, 1.82) is 0 Å². The first-order valence-electron chi connectivity index (χ1n) is 6.45. The average Bonchev–Trinajstić information content (AvgIpc) is 2.65. The summed E-state index contributed by atoms with van der Waals surface area (Å²) in [5.74, 6) is 0. The van der Waals surface area contributed by atoms with Gasteiger partial charge in [0.1, 0.15) is 0 Å². The van der Waals surface area contributed by atoms with Gasteiger partial charge in [-0.2, -0.15) is 0 Å². The van der Waals surface area contributed by atoms with Crippen molar-refractivity contribution in [2.45, 2.75) is 25.7 Å². The normalized spacial score (nSPS) is 11.6. The minimum absolute atomic E-state index is 1.19. The van der Waals surface area contributed by atoms with E-state index in [1.54, 1.807) is 9.75 Å². The van der Waals surface area contributed by atoms with Crippen LogP contribution in [0.2, 0.25) is 0 Å². The van der Waals surface area contributed by atoms with Gasteiger partial charge in [0.15, 0.2) is 0 Å². The summed E-state index contributed by atoms with van der Waals surface area (Å²) in [5, 5.41) is 0. The molecule has 0 spiro atoms. The lowest BCUT2D eigenvalue weighted by Gasteiger charge is -2.08. The molecule has 0 radical (unpaired) electrons. The van der Waals surface area contributed by atoms with Gasteiger partial charge < -0.3 is 9.80 Å². The Hall–Kier alpha value is -0.380. The zero-order valence-electron chi connectivity index (χ0n) is 11.7. The number of hydrogen-bond acceptors (Lipinski definition) is 3. The van der Waals surface area contributed by atoms with Crippen LogP contribution in [0, 0.1) is 0 Å². The van der Waals surface area contributed by atoms with Crippen LogP contribution in [0.3, 0.4) is 0 Å². The van der Waals surface area contributed by atoms with Crippen LogP contribution in [0.4, 0.5) is 0 Å². The maximum Gasteiger partial charge on any atom is 0.00486 e. The highest BCUT2D eigenvalue weighted by molar-refractivity contribution is 7.11. The highest BCUT2D eigenvalue weighted by atomic mass is 32.1. The van der Waals surface area contributed by atoms with E-state index in [1.165, 1.54) is 38.8 Å². The molecule has 0 unspecified atom stereocenters. The van der Waals surface area contributed by atoms with Gasteiger partial charge in [0.25, 0.3) is 0 Å². The summed E-state index contributed by atoms with van der Waals surface area (Å²) in [4.78, 5) is 7.61. The molecule has 3 heteroatoms. The van der Waals surface area contributed by atoms with Crippen LogP contribution >= 0.6 is 11.3 Å². The summed E-state index contributed by atoms with van der Waals surface area (Å²) in [6, 6.07) is 4.62. The number of rotatable bonds is 8. The Balaban J connectivity index is 2.23. The molecule has 1 aromatic heterocycles. The molecule has 0 bridgehead atoms. The van der Waals surface area contributed by atoms with E-state index >= 15 is 0 Å². The van der Waals surface area contributed by atoms with E-state index in [2.05, 4.69) is 50.1 Å². The lowest BCUT2D eigenvalue weighted by atomic mass is 10.2. The second-order valence-corrected chi connectivity index (χ2v) is 6.43. The molecule has 1 heterocycles. The van der Waals surface area contributed by atoms with E-state index in [4.69, 9.17) is 0 Å². The smallest absolute Gasteiger partial charge is 0.00486 e. The molecule has 0 atom stereocenters. The molecule has 2 nitrogen and oxygen atoms in total. The molecule has 0 aliphatic carbocycles.